The van der Waals surface area contributed by atoms with E-state index < -0.39 is 5.82 Å². The van der Waals surface area contributed by atoms with Gasteiger partial charge in [0.2, 0.25) is 0 Å². The Kier molecular flexibility index (Phi) is 4.09. The van der Waals surface area contributed by atoms with Crippen LogP contribution in [0.25, 0.3) is 0 Å². The minimum atomic E-state index is -0.391. The highest BCUT2D eigenvalue weighted by atomic mass is 19.1. The topological polar surface area (TPSA) is 49.4 Å². The zero-order valence-corrected chi connectivity index (χ0v) is 13.7. The maximum atomic E-state index is 13.1. The van der Waals surface area contributed by atoms with Crippen LogP contribution in [-0.4, -0.2) is 42.8 Å². The van der Waals surface area contributed by atoms with Gasteiger partial charge in [-0.15, -0.1) is 0 Å². The molecular formula is C20H19FN2O2. The molecule has 25 heavy (non-hydrogen) atoms. The van der Waals surface area contributed by atoms with Gasteiger partial charge in [0.05, 0.1) is 5.56 Å². The lowest BCUT2D eigenvalue weighted by molar-refractivity contribution is 0.0777. The van der Waals surface area contributed by atoms with Gasteiger partial charge in [-0.2, -0.15) is 0 Å². The number of halogens is 1. The largest absolute Gasteiger partial charge is 0.338 e. The van der Waals surface area contributed by atoms with Crippen LogP contribution in [-0.2, 0) is 0 Å². The van der Waals surface area contributed by atoms with E-state index in [0.717, 1.165) is 26.2 Å². The Morgan fingerprint density at radius 1 is 0.920 bits per heavy atom. The molecule has 2 fully saturated rings. The van der Waals surface area contributed by atoms with E-state index in [1.165, 1.54) is 24.3 Å². The number of hydrogen-bond acceptors (Lipinski definition) is 3. The molecule has 0 aromatic heterocycles. The molecule has 4 rings (SSSR count). The summed E-state index contributed by atoms with van der Waals surface area (Å²) in [5.41, 5.74) is 1.17. The summed E-state index contributed by atoms with van der Waals surface area (Å²) in [6, 6.07) is 12.3. The average Bonchev–Trinajstić information content (AvgIpc) is 3.23. The molecule has 5 heteroatoms. The lowest BCUT2D eigenvalue weighted by Crippen LogP contribution is -2.32. The number of fused-ring (bicyclic) bond motifs is 1. The van der Waals surface area contributed by atoms with Crippen LogP contribution in [0.15, 0.2) is 48.5 Å². The molecule has 2 aromatic rings. The molecule has 128 valence electrons. The molecule has 2 heterocycles. The number of benzene rings is 2. The van der Waals surface area contributed by atoms with Gasteiger partial charge < -0.3 is 10.2 Å². The molecule has 2 aromatic carbocycles. The third-order valence-corrected chi connectivity index (χ3v) is 5.19. The first-order valence-corrected chi connectivity index (χ1v) is 8.53. The first-order chi connectivity index (χ1) is 12.1. The van der Waals surface area contributed by atoms with E-state index in [-0.39, 0.29) is 11.7 Å². The normalized spacial score (nSPS) is 22.0. The summed E-state index contributed by atoms with van der Waals surface area (Å²) < 4.78 is 13.1. The summed E-state index contributed by atoms with van der Waals surface area (Å²) in [6.45, 7) is 3.36. The van der Waals surface area contributed by atoms with Crippen LogP contribution in [0.2, 0.25) is 0 Å². The fourth-order valence-electron chi connectivity index (χ4n) is 3.82. The van der Waals surface area contributed by atoms with Crippen molar-refractivity contribution < 1.29 is 14.0 Å². The Morgan fingerprint density at radius 3 is 2.16 bits per heavy atom. The highest BCUT2D eigenvalue weighted by Crippen LogP contribution is 2.28. The number of hydrogen-bond donors (Lipinski definition) is 1. The number of carbonyl (C=O) groups excluding carboxylic acids is 2. The van der Waals surface area contributed by atoms with Crippen molar-refractivity contribution in [3.8, 4) is 0 Å². The quantitative estimate of drug-likeness (QED) is 0.874. The Hall–Kier alpha value is -2.53. The summed E-state index contributed by atoms with van der Waals surface area (Å²) in [6.07, 6.45) is 0. The predicted octanol–water partition coefficient (Wildman–Crippen LogP) is 2.35. The van der Waals surface area contributed by atoms with Crippen molar-refractivity contribution >= 4 is 11.7 Å². The lowest BCUT2D eigenvalue weighted by atomic mass is 9.97. The molecule has 2 aliphatic rings. The van der Waals surface area contributed by atoms with Crippen LogP contribution in [0.3, 0.4) is 0 Å². The molecule has 2 atom stereocenters. The Labute approximate surface area is 145 Å². The number of amides is 1. The van der Waals surface area contributed by atoms with Gasteiger partial charge in [-0.05, 0) is 42.2 Å². The SMILES string of the molecule is O=C(c1ccc(F)cc1)c1ccccc1C(=O)N1C[C@H]2CNC[C@H]2C1. The number of carbonyl (C=O) groups is 2. The number of nitrogens with zero attached hydrogens (tertiary/aromatic N) is 1. The van der Waals surface area contributed by atoms with Crippen molar-refractivity contribution in [1.29, 1.82) is 0 Å². The average molecular weight is 338 g/mol. The van der Waals surface area contributed by atoms with Gasteiger partial charge >= 0.3 is 0 Å². The van der Waals surface area contributed by atoms with Gasteiger partial charge in [0.15, 0.2) is 5.78 Å². The minimum Gasteiger partial charge on any atom is -0.338 e. The van der Waals surface area contributed by atoms with Crippen LogP contribution >= 0.6 is 0 Å². The van der Waals surface area contributed by atoms with E-state index in [1.807, 2.05) is 4.90 Å². The van der Waals surface area contributed by atoms with Crippen molar-refractivity contribution in [2.24, 2.45) is 11.8 Å². The summed E-state index contributed by atoms with van der Waals surface area (Å²) in [5, 5.41) is 3.36. The van der Waals surface area contributed by atoms with Crippen LogP contribution in [0.5, 0.6) is 0 Å². The van der Waals surface area contributed by atoms with Gasteiger partial charge in [0, 0.05) is 37.3 Å². The Bertz CT molecular complexity index is 807. The molecule has 0 saturated carbocycles. The highest BCUT2D eigenvalue weighted by molar-refractivity contribution is 6.15. The molecule has 0 aliphatic carbocycles. The Balaban J connectivity index is 1.61. The second kappa shape index (κ2) is 6.41. The Morgan fingerprint density at radius 2 is 1.52 bits per heavy atom. The summed E-state index contributed by atoms with van der Waals surface area (Å²) in [4.78, 5) is 27.6. The van der Waals surface area contributed by atoms with Gasteiger partial charge in [-0.25, -0.2) is 4.39 Å². The number of ketones is 1. The van der Waals surface area contributed by atoms with E-state index >= 15 is 0 Å². The van der Waals surface area contributed by atoms with Crippen molar-refractivity contribution in [3.63, 3.8) is 0 Å². The number of likely N-dealkylation sites (tertiary alicyclic amines) is 1. The third kappa shape index (κ3) is 2.96. The molecule has 0 radical (unpaired) electrons. The standard InChI is InChI=1S/C20H19FN2O2/c21-16-7-5-13(6-8-16)19(24)17-3-1-2-4-18(17)20(25)23-11-14-9-22-10-15(14)12-23/h1-8,14-15,22H,9-12H2/t14-,15+. The van der Waals surface area contributed by atoms with E-state index in [4.69, 9.17) is 0 Å². The van der Waals surface area contributed by atoms with E-state index in [9.17, 15) is 14.0 Å². The van der Waals surface area contributed by atoms with Crippen molar-refractivity contribution in [2.75, 3.05) is 26.2 Å². The highest BCUT2D eigenvalue weighted by Gasteiger charge is 2.38. The fourth-order valence-corrected chi connectivity index (χ4v) is 3.82. The molecule has 0 bridgehead atoms. The number of rotatable bonds is 3. The second-order valence-corrected chi connectivity index (χ2v) is 6.77. The monoisotopic (exact) mass is 338 g/mol. The molecule has 2 aliphatic heterocycles. The van der Waals surface area contributed by atoms with E-state index in [2.05, 4.69) is 5.32 Å². The summed E-state index contributed by atoms with van der Waals surface area (Å²) >= 11 is 0. The predicted molar refractivity (Wildman–Crippen MR) is 92.0 cm³/mol. The van der Waals surface area contributed by atoms with Crippen LogP contribution in [0, 0.1) is 17.7 Å². The zero-order chi connectivity index (χ0) is 17.4. The van der Waals surface area contributed by atoms with Gasteiger partial charge in [-0.1, -0.05) is 18.2 Å². The molecule has 0 unspecified atom stereocenters. The number of nitrogens with one attached hydrogen (secondary N) is 1. The maximum Gasteiger partial charge on any atom is 0.254 e. The molecule has 1 N–H and O–H groups in total. The molecule has 2 saturated heterocycles. The molecular weight excluding hydrogens is 319 g/mol. The summed E-state index contributed by atoms with van der Waals surface area (Å²) in [5.74, 6) is 0.261. The van der Waals surface area contributed by atoms with Crippen molar-refractivity contribution in [1.82, 2.24) is 10.2 Å². The third-order valence-electron chi connectivity index (χ3n) is 5.19. The molecule has 1 amide bonds. The molecule has 0 spiro atoms. The van der Waals surface area contributed by atoms with Crippen LogP contribution in [0.4, 0.5) is 4.39 Å². The maximum absolute atomic E-state index is 13.1. The van der Waals surface area contributed by atoms with Crippen molar-refractivity contribution in [2.45, 2.75) is 0 Å². The van der Waals surface area contributed by atoms with Gasteiger partial charge in [-0.3, -0.25) is 9.59 Å². The lowest BCUT2D eigenvalue weighted by Gasteiger charge is -2.19. The first kappa shape index (κ1) is 16.0. The fraction of sp³-hybridized carbons (Fsp3) is 0.300. The van der Waals surface area contributed by atoms with Gasteiger partial charge in [0.1, 0.15) is 5.82 Å². The van der Waals surface area contributed by atoms with E-state index in [0.29, 0.717) is 28.5 Å². The smallest absolute Gasteiger partial charge is 0.254 e. The second-order valence-electron chi connectivity index (χ2n) is 6.77. The van der Waals surface area contributed by atoms with Crippen LogP contribution in [0.1, 0.15) is 26.3 Å². The van der Waals surface area contributed by atoms with Gasteiger partial charge in [0.25, 0.3) is 5.91 Å². The summed E-state index contributed by atoms with van der Waals surface area (Å²) in [7, 11) is 0. The molecule has 4 nitrogen and oxygen atoms in total. The van der Waals surface area contributed by atoms with Crippen LogP contribution < -0.4 is 5.32 Å². The first-order valence-electron chi connectivity index (χ1n) is 8.53. The van der Waals surface area contributed by atoms with Crippen molar-refractivity contribution in [3.05, 3.63) is 71.0 Å². The zero-order valence-electron chi connectivity index (χ0n) is 13.7. The van der Waals surface area contributed by atoms with E-state index in [1.54, 1.807) is 24.3 Å². The minimum absolute atomic E-state index is 0.0968.